The smallest absolute Gasteiger partial charge is 0.330 e. The summed E-state index contributed by atoms with van der Waals surface area (Å²) in [5, 5.41) is 0. The van der Waals surface area contributed by atoms with Gasteiger partial charge in [0.2, 0.25) is 0 Å². The van der Waals surface area contributed by atoms with Gasteiger partial charge in [-0.2, -0.15) is 12.6 Å². The summed E-state index contributed by atoms with van der Waals surface area (Å²) in [7, 11) is 0. The van der Waals surface area contributed by atoms with E-state index in [4.69, 9.17) is 11.5 Å². The topological polar surface area (TPSA) is 95.4 Å². The number of carbonyl (C=O) groups excluding carboxylic acids is 2. The number of hydrogen-bond donors (Lipinski definition) is 3. The summed E-state index contributed by atoms with van der Waals surface area (Å²) < 4.78 is 4.34. The minimum absolute atomic E-state index is 0.130. The molecule has 0 aliphatic heterocycles. The van der Waals surface area contributed by atoms with Crippen molar-refractivity contribution in [1.29, 1.82) is 0 Å². The van der Waals surface area contributed by atoms with Crippen molar-refractivity contribution in [2.45, 2.75) is 18.9 Å². The van der Waals surface area contributed by atoms with Crippen LogP contribution in [0.25, 0.3) is 0 Å². The summed E-state index contributed by atoms with van der Waals surface area (Å²) >= 11 is 3.64. The fourth-order valence-corrected chi connectivity index (χ4v) is 0.740. The Balaban J connectivity index is 3.75. The van der Waals surface area contributed by atoms with Gasteiger partial charge in [0.05, 0.1) is 5.75 Å². The molecule has 0 aliphatic carbocycles. The molecule has 0 amide bonds. The molecule has 0 rings (SSSR count). The third-order valence-corrected chi connectivity index (χ3v) is 1.62. The van der Waals surface area contributed by atoms with Crippen LogP contribution >= 0.6 is 12.6 Å². The molecule has 0 bridgehead atoms. The molecule has 0 radical (unpaired) electrons. The molecule has 76 valence electrons. The van der Waals surface area contributed by atoms with Crippen LogP contribution in [0.2, 0.25) is 0 Å². The number of ether oxygens (including phenoxy) is 1. The van der Waals surface area contributed by atoms with Crippen LogP contribution < -0.4 is 11.5 Å². The summed E-state index contributed by atoms with van der Waals surface area (Å²) in [5.74, 6) is -1.53. The minimum atomic E-state index is -0.771. The van der Waals surface area contributed by atoms with Gasteiger partial charge in [-0.3, -0.25) is 4.79 Å². The standard InChI is InChI=1S/C7H14N2O3S/c8-3-1-2-5(9)7(11)12-6(10)4-13/h5,13H,1-4,8-9H2/t5-/m1/s1. The summed E-state index contributed by atoms with van der Waals surface area (Å²) in [4.78, 5) is 21.6. The van der Waals surface area contributed by atoms with Gasteiger partial charge in [0, 0.05) is 0 Å². The number of rotatable bonds is 5. The highest BCUT2D eigenvalue weighted by molar-refractivity contribution is 7.81. The third kappa shape index (κ3) is 5.62. The predicted octanol–water partition coefficient (Wildman–Crippen LogP) is -0.948. The highest BCUT2D eigenvalue weighted by Gasteiger charge is 2.17. The van der Waals surface area contributed by atoms with E-state index in [-0.39, 0.29) is 5.75 Å². The van der Waals surface area contributed by atoms with Gasteiger partial charge >= 0.3 is 11.9 Å². The van der Waals surface area contributed by atoms with Crippen LogP contribution in [0.4, 0.5) is 0 Å². The first-order chi connectivity index (χ1) is 6.11. The monoisotopic (exact) mass is 206 g/mol. The first-order valence-electron chi connectivity index (χ1n) is 3.92. The molecule has 0 fully saturated rings. The maximum atomic E-state index is 11.0. The maximum absolute atomic E-state index is 11.0. The average molecular weight is 206 g/mol. The van der Waals surface area contributed by atoms with Gasteiger partial charge < -0.3 is 16.2 Å². The van der Waals surface area contributed by atoms with Crippen LogP contribution in [-0.2, 0) is 14.3 Å². The zero-order valence-electron chi connectivity index (χ0n) is 7.23. The molecule has 13 heavy (non-hydrogen) atoms. The lowest BCUT2D eigenvalue weighted by Crippen LogP contribution is -2.34. The molecule has 0 aromatic rings. The van der Waals surface area contributed by atoms with Crippen molar-refractivity contribution >= 4 is 24.6 Å². The third-order valence-electron chi connectivity index (χ3n) is 1.37. The van der Waals surface area contributed by atoms with Gasteiger partial charge in [0.25, 0.3) is 0 Å². The Hall–Kier alpha value is -0.590. The van der Waals surface area contributed by atoms with Crippen molar-refractivity contribution in [1.82, 2.24) is 0 Å². The maximum Gasteiger partial charge on any atom is 0.330 e. The Kier molecular flexibility index (Phi) is 6.56. The number of nitrogens with two attached hydrogens (primary N) is 2. The molecular formula is C7H14N2O3S. The second-order valence-electron chi connectivity index (χ2n) is 2.49. The van der Waals surface area contributed by atoms with Crippen LogP contribution in [0.15, 0.2) is 0 Å². The van der Waals surface area contributed by atoms with Crippen LogP contribution in [-0.4, -0.2) is 30.3 Å². The molecule has 4 N–H and O–H groups in total. The van der Waals surface area contributed by atoms with E-state index >= 15 is 0 Å². The van der Waals surface area contributed by atoms with Gasteiger partial charge in [-0.05, 0) is 19.4 Å². The van der Waals surface area contributed by atoms with E-state index in [9.17, 15) is 9.59 Å². The largest absolute Gasteiger partial charge is 0.391 e. The second-order valence-corrected chi connectivity index (χ2v) is 2.80. The van der Waals surface area contributed by atoms with Gasteiger partial charge in [-0.1, -0.05) is 0 Å². The Morgan fingerprint density at radius 1 is 1.46 bits per heavy atom. The molecule has 0 saturated carbocycles. The van der Waals surface area contributed by atoms with Crippen LogP contribution in [0.3, 0.4) is 0 Å². The molecule has 5 nitrogen and oxygen atoms in total. The Labute approximate surface area is 82.2 Å². The Morgan fingerprint density at radius 3 is 2.54 bits per heavy atom. The first-order valence-corrected chi connectivity index (χ1v) is 4.56. The molecule has 0 unspecified atom stereocenters. The van der Waals surface area contributed by atoms with Crippen molar-refractivity contribution in [3.05, 3.63) is 0 Å². The summed E-state index contributed by atoms with van der Waals surface area (Å²) in [6.07, 6.45) is 1.06. The van der Waals surface area contributed by atoms with Crippen LogP contribution in [0.1, 0.15) is 12.8 Å². The Morgan fingerprint density at radius 2 is 2.08 bits per heavy atom. The highest BCUT2D eigenvalue weighted by atomic mass is 32.1. The van der Waals surface area contributed by atoms with Crippen molar-refractivity contribution in [3.8, 4) is 0 Å². The van der Waals surface area contributed by atoms with Crippen molar-refractivity contribution in [2.24, 2.45) is 11.5 Å². The molecule has 0 saturated heterocycles. The number of thiol groups is 1. The SMILES string of the molecule is NCCC[C@@H](N)C(=O)OC(=O)CS. The molecule has 0 spiro atoms. The van der Waals surface area contributed by atoms with E-state index in [1.165, 1.54) is 0 Å². The summed E-state index contributed by atoms with van der Waals surface area (Å²) in [6, 6.07) is -0.771. The molecule has 6 heteroatoms. The van der Waals surface area contributed by atoms with Gasteiger partial charge in [-0.15, -0.1) is 0 Å². The molecule has 0 aromatic heterocycles. The number of carbonyl (C=O) groups is 2. The van der Waals surface area contributed by atoms with Crippen LogP contribution in [0, 0.1) is 0 Å². The van der Waals surface area contributed by atoms with E-state index in [1.807, 2.05) is 0 Å². The Bertz CT molecular complexity index is 187. The first kappa shape index (κ1) is 12.4. The van der Waals surface area contributed by atoms with Crippen molar-refractivity contribution in [3.63, 3.8) is 0 Å². The second kappa shape index (κ2) is 6.88. The fourth-order valence-electron chi connectivity index (χ4n) is 0.676. The van der Waals surface area contributed by atoms with E-state index in [1.54, 1.807) is 0 Å². The van der Waals surface area contributed by atoms with E-state index in [0.29, 0.717) is 19.4 Å². The number of hydrogen-bond acceptors (Lipinski definition) is 6. The number of esters is 2. The quantitative estimate of drug-likeness (QED) is 0.306. The minimum Gasteiger partial charge on any atom is -0.391 e. The van der Waals surface area contributed by atoms with Crippen LogP contribution in [0.5, 0.6) is 0 Å². The molecule has 1 atom stereocenters. The summed E-state index contributed by atoms with van der Waals surface area (Å²) in [5.41, 5.74) is 10.6. The van der Waals surface area contributed by atoms with Gasteiger partial charge in [0.1, 0.15) is 6.04 Å². The normalized spacial score (nSPS) is 12.2. The van der Waals surface area contributed by atoms with Crippen molar-refractivity contribution < 1.29 is 14.3 Å². The van der Waals surface area contributed by atoms with Crippen molar-refractivity contribution in [2.75, 3.05) is 12.3 Å². The predicted molar refractivity (Wildman–Crippen MR) is 51.2 cm³/mol. The molecular weight excluding hydrogens is 192 g/mol. The molecule has 0 aliphatic rings. The fraction of sp³-hybridized carbons (Fsp3) is 0.714. The molecule has 0 aromatic carbocycles. The van der Waals surface area contributed by atoms with Gasteiger partial charge in [-0.25, -0.2) is 4.79 Å². The van der Waals surface area contributed by atoms with E-state index in [0.717, 1.165) is 0 Å². The average Bonchev–Trinajstić information content (AvgIpc) is 2.13. The lowest BCUT2D eigenvalue weighted by Gasteiger charge is -2.08. The van der Waals surface area contributed by atoms with E-state index in [2.05, 4.69) is 17.4 Å². The zero-order valence-corrected chi connectivity index (χ0v) is 8.13. The lowest BCUT2D eigenvalue weighted by atomic mass is 10.2. The summed E-state index contributed by atoms with van der Waals surface area (Å²) in [6.45, 7) is 0.460. The zero-order chi connectivity index (χ0) is 10.3. The van der Waals surface area contributed by atoms with Gasteiger partial charge in [0.15, 0.2) is 0 Å². The highest BCUT2D eigenvalue weighted by Crippen LogP contribution is 1.96. The van der Waals surface area contributed by atoms with E-state index < -0.39 is 18.0 Å². The molecule has 0 heterocycles. The lowest BCUT2D eigenvalue weighted by molar-refractivity contribution is -0.158.